The van der Waals surface area contributed by atoms with Gasteiger partial charge in [0.05, 0.1) is 16.6 Å². The first-order valence-electron chi connectivity index (χ1n) is 7.46. The molecule has 6 nitrogen and oxygen atoms in total. The van der Waals surface area contributed by atoms with E-state index in [1.54, 1.807) is 6.08 Å². The largest absolute Gasteiger partial charge is 0.444 e. The molecule has 0 saturated heterocycles. The highest BCUT2D eigenvalue weighted by Gasteiger charge is 2.09. The summed E-state index contributed by atoms with van der Waals surface area (Å²) >= 11 is 0. The van der Waals surface area contributed by atoms with Crippen LogP contribution in [-0.2, 0) is 0 Å². The Morgan fingerprint density at radius 2 is 1.88 bits per heavy atom. The van der Waals surface area contributed by atoms with Crippen molar-refractivity contribution in [3.63, 3.8) is 0 Å². The number of hydrogen-bond donors (Lipinski definition) is 0. The third-order valence-electron chi connectivity index (χ3n) is 3.62. The van der Waals surface area contributed by atoms with Crippen LogP contribution in [0.25, 0.3) is 23.1 Å². The number of nitriles is 1. The SMILES string of the molecule is Cc1ccc(-c2nc(/C=C(/C#N)c3ccc([N+](=O)[O-])cc3)co2)cc1. The molecule has 0 aliphatic carbocycles. The van der Waals surface area contributed by atoms with Crippen molar-refractivity contribution in [3.05, 3.63) is 81.7 Å². The average molecular weight is 331 g/mol. The van der Waals surface area contributed by atoms with E-state index in [-0.39, 0.29) is 5.69 Å². The molecule has 25 heavy (non-hydrogen) atoms. The molecular formula is C19H13N3O3. The van der Waals surface area contributed by atoms with E-state index in [0.717, 1.165) is 11.1 Å². The Morgan fingerprint density at radius 1 is 1.20 bits per heavy atom. The number of nitrogens with zero attached hydrogens (tertiary/aromatic N) is 3. The molecule has 6 heteroatoms. The van der Waals surface area contributed by atoms with Crippen LogP contribution in [0.5, 0.6) is 0 Å². The zero-order valence-electron chi connectivity index (χ0n) is 13.3. The van der Waals surface area contributed by atoms with Gasteiger partial charge in [0.2, 0.25) is 5.89 Å². The van der Waals surface area contributed by atoms with E-state index in [2.05, 4.69) is 11.1 Å². The first-order valence-corrected chi connectivity index (χ1v) is 7.46. The molecule has 1 heterocycles. The second-order valence-electron chi connectivity index (χ2n) is 5.42. The number of hydrogen-bond acceptors (Lipinski definition) is 5. The van der Waals surface area contributed by atoms with Gasteiger partial charge in [-0.05, 0) is 42.8 Å². The minimum atomic E-state index is -0.481. The maximum Gasteiger partial charge on any atom is 0.269 e. The van der Waals surface area contributed by atoms with Crippen LogP contribution in [0, 0.1) is 28.4 Å². The smallest absolute Gasteiger partial charge is 0.269 e. The van der Waals surface area contributed by atoms with E-state index >= 15 is 0 Å². The van der Waals surface area contributed by atoms with Crippen molar-refractivity contribution in [2.45, 2.75) is 6.92 Å². The molecule has 0 aliphatic heterocycles. The summed E-state index contributed by atoms with van der Waals surface area (Å²) in [6.45, 7) is 2.00. The number of nitro groups is 1. The summed E-state index contributed by atoms with van der Waals surface area (Å²) in [5.41, 5.74) is 3.39. The van der Waals surface area contributed by atoms with Gasteiger partial charge in [0, 0.05) is 17.7 Å². The lowest BCUT2D eigenvalue weighted by Crippen LogP contribution is -1.88. The summed E-state index contributed by atoms with van der Waals surface area (Å²) in [6, 6.07) is 15.6. The van der Waals surface area contributed by atoms with Gasteiger partial charge in [-0.15, -0.1) is 0 Å². The molecule has 1 aromatic heterocycles. The quantitative estimate of drug-likeness (QED) is 0.395. The standard InChI is InChI=1S/C19H13N3O3/c1-13-2-4-15(5-3-13)19-21-17(12-25-19)10-16(11-20)14-6-8-18(9-7-14)22(23)24/h2-10,12H,1H3/b16-10-. The maximum absolute atomic E-state index is 10.7. The van der Waals surface area contributed by atoms with E-state index in [4.69, 9.17) is 4.42 Å². The van der Waals surface area contributed by atoms with Crippen molar-refractivity contribution in [1.82, 2.24) is 4.98 Å². The van der Waals surface area contributed by atoms with Gasteiger partial charge in [-0.1, -0.05) is 17.7 Å². The number of benzene rings is 2. The lowest BCUT2D eigenvalue weighted by molar-refractivity contribution is -0.384. The van der Waals surface area contributed by atoms with Crippen LogP contribution in [0.3, 0.4) is 0 Å². The molecule has 0 saturated carbocycles. The first kappa shape index (κ1) is 16.1. The Kier molecular flexibility index (Phi) is 4.40. The molecule has 0 N–H and O–H groups in total. The molecule has 0 radical (unpaired) electrons. The zero-order chi connectivity index (χ0) is 17.8. The number of aromatic nitrogens is 1. The van der Waals surface area contributed by atoms with Crippen molar-refractivity contribution < 1.29 is 9.34 Å². The predicted molar refractivity (Wildman–Crippen MR) is 93.3 cm³/mol. The maximum atomic E-state index is 10.7. The Bertz CT molecular complexity index is 978. The Labute approximate surface area is 143 Å². The monoisotopic (exact) mass is 331 g/mol. The third-order valence-corrected chi connectivity index (χ3v) is 3.62. The molecule has 0 unspecified atom stereocenters. The van der Waals surface area contributed by atoms with Crippen LogP contribution in [0.15, 0.2) is 59.2 Å². The second-order valence-corrected chi connectivity index (χ2v) is 5.42. The lowest BCUT2D eigenvalue weighted by atomic mass is 10.1. The molecule has 122 valence electrons. The molecular weight excluding hydrogens is 318 g/mol. The van der Waals surface area contributed by atoms with Gasteiger partial charge in [0.25, 0.3) is 5.69 Å². The van der Waals surface area contributed by atoms with Gasteiger partial charge in [-0.2, -0.15) is 5.26 Å². The van der Waals surface area contributed by atoms with Gasteiger partial charge in [-0.25, -0.2) is 4.98 Å². The minimum Gasteiger partial charge on any atom is -0.444 e. The van der Waals surface area contributed by atoms with Crippen molar-refractivity contribution in [2.24, 2.45) is 0 Å². The van der Waals surface area contributed by atoms with E-state index < -0.39 is 4.92 Å². The van der Waals surface area contributed by atoms with Crippen molar-refractivity contribution in [3.8, 4) is 17.5 Å². The number of aryl methyl sites for hydroxylation is 1. The average Bonchev–Trinajstić information content (AvgIpc) is 3.09. The van der Waals surface area contributed by atoms with Crippen LogP contribution in [0.1, 0.15) is 16.8 Å². The van der Waals surface area contributed by atoms with Crippen LogP contribution in [0.2, 0.25) is 0 Å². The second kappa shape index (κ2) is 6.81. The molecule has 0 bridgehead atoms. The lowest BCUT2D eigenvalue weighted by Gasteiger charge is -1.98. The number of rotatable bonds is 4. The molecule has 0 fully saturated rings. The van der Waals surface area contributed by atoms with Crippen LogP contribution in [0.4, 0.5) is 5.69 Å². The molecule has 0 atom stereocenters. The van der Waals surface area contributed by atoms with Crippen molar-refractivity contribution in [1.29, 1.82) is 5.26 Å². The van der Waals surface area contributed by atoms with Gasteiger partial charge in [-0.3, -0.25) is 10.1 Å². The number of oxazole rings is 1. The van der Waals surface area contributed by atoms with Gasteiger partial charge in [0.1, 0.15) is 12.0 Å². The van der Waals surface area contributed by atoms with E-state index in [1.165, 1.54) is 30.5 Å². The van der Waals surface area contributed by atoms with Gasteiger partial charge in [0.15, 0.2) is 0 Å². The fourth-order valence-corrected chi connectivity index (χ4v) is 2.27. The Balaban J connectivity index is 1.89. The highest BCUT2D eigenvalue weighted by molar-refractivity contribution is 5.89. The summed E-state index contributed by atoms with van der Waals surface area (Å²) in [7, 11) is 0. The van der Waals surface area contributed by atoms with Gasteiger partial charge < -0.3 is 4.42 Å². The molecule has 3 aromatic rings. The van der Waals surface area contributed by atoms with E-state index in [9.17, 15) is 15.4 Å². The Hall–Kier alpha value is -3.72. The van der Waals surface area contributed by atoms with Gasteiger partial charge >= 0.3 is 0 Å². The minimum absolute atomic E-state index is 0.0240. The van der Waals surface area contributed by atoms with Crippen LogP contribution in [-0.4, -0.2) is 9.91 Å². The van der Waals surface area contributed by atoms with Crippen molar-refractivity contribution in [2.75, 3.05) is 0 Å². The molecule has 3 rings (SSSR count). The first-order chi connectivity index (χ1) is 12.1. The predicted octanol–water partition coefficient (Wildman–Crippen LogP) is 4.62. The van der Waals surface area contributed by atoms with E-state index in [0.29, 0.717) is 22.7 Å². The summed E-state index contributed by atoms with van der Waals surface area (Å²) in [6.07, 6.45) is 3.06. The van der Waals surface area contributed by atoms with Crippen molar-refractivity contribution >= 4 is 17.3 Å². The topological polar surface area (TPSA) is 93.0 Å². The Morgan fingerprint density at radius 3 is 2.48 bits per heavy atom. The molecule has 2 aromatic carbocycles. The fourth-order valence-electron chi connectivity index (χ4n) is 2.27. The highest BCUT2D eigenvalue weighted by Crippen LogP contribution is 2.23. The molecule has 0 amide bonds. The number of allylic oxidation sites excluding steroid dienone is 1. The highest BCUT2D eigenvalue weighted by atomic mass is 16.6. The number of nitro benzene ring substituents is 1. The van der Waals surface area contributed by atoms with E-state index in [1.807, 2.05) is 31.2 Å². The van der Waals surface area contributed by atoms with Crippen LogP contribution >= 0.6 is 0 Å². The third kappa shape index (κ3) is 3.62. The summed E-state index contributed by atoms with van der Waals surface area (Å²) in [5, 5.41) is 20.1. The molecule has 0 spiro atoms. The summed E-state index contributed by atoms with van der Waals surface area (Å²) < 4.78 is 5.47. The zero-order valence-corrected chi connectivity index (χ0v) is 13.3. The molecule has 0 aliphatic rings. The summed E-state index contributed by atoms with van der Waals surface area (Å²) in [5.74, 6) is 0.465. The normalized spacial score (nSPS) is 11.1. The number of non-ortho nitro benzene ring substituents is 1. The van der Waals surface area contributed by atoms with Crippen LogP contribution < -0.4 is 0 Å². The fraction of sp³-hybridized carbons (Fsp3) is 0.0526. The summed E-state index contributed by atoms with van der Waals surface area (Å²) in [4.78, 5) is 14.6.